The Morgan fingerprint density at radius 3 is 2.59 bits per heavy atom. The molecule has 22 heavy (non-hydrogen) atoms. The van der Waals surface area contributed by atoms with Crippen LogP contribution in [0.15, 0.2) is 30.3 Å². The molecule has 1 aromatic heterocycles. The van der Waals surface area contributed by atoms with E-state index in [4.69, 9.17) is 17.3 Å². The number of aryl methyl sites for hydroxylation is 1. The van der Waals surface area contributed by atoms with Crippen molar-refractivity contribution in [3.8, 4) is 0 Å². The molecule has 6 heteroatoms. The Balaban J connectivity index is 2.18. The van der Waals surface area contributed by atoms with Gasteiger partial charge in [0.25, 0.3) is 5.91 Å². The third-order valence-corrected chi connectivity index (χ3v) is 4.65. The lowest BCUT2D eigenvalue weighted by Gasteiger charge is -2.02. The van der Waals surface area contributed by atoms with E-state index in [-0.39, 0.29) is 5.91 Å². The SMILES string of the molecule is Cc1sc(NC(=O)/C=C\c2ccccc2Cl)c(C(N)=O)c1C. The average Bonchev–Trinajstić information content (AvgIpc) is 2.72. The molecule has 0 unspecified atom stereocenters. The predicted molar refractivity (Wildman–Crippen MR) is 91.4 cm³/mol. The molecule has 4 nitrogen and oxygen atoms in total. The summed E-state index contributed by atoms with van der Waals surface area (Å²) in [6.07, 6.45) is 2.99. The summed E-state index contributed by atoms with van der Waals surface area (Å²) in [4.78, 5) is 24.5. The van der Waals surface area contributed by atoms with Gasteiger partial charge in [0.05, 0.1) is 5.56 Å². The van der Waals surface area contributed by atoms with Gasteiger partial charge >= 0.3 is 0 Å². The van der Waals surface area contributed by atoms with Crippen molar-refractivity contribution in [2.75, 3.05) is 5.32 Å². The molecule has 0 aliphatic carbocycles. The zero-order valence-electron chi connectivity index (χ0n) is 12.1. The van der Waals surface area contributed by atoms with Crippen molar-refractivity contribution in [2.45, 2.75) is 13.8 Å². The highest BCUT2D eigenvalue weighted by molar-refractivity contribution is 7.16. The number of anilines is 1. The van der Waals surface area contributed by atoms with Crippen LogP contribution in [0.4, 0.5) is 5.00 Å². The molecule has 0 bridgehead atoms. The number of hydrogen-bond acceptors (Lipinski definition) is 3. The van der Waals surface area contributed by atoms with E-state index in [0.29, 0.717) is 15.6 Å². The van der Waals surface area contributed by atoms with E-state index < -0.39 is 5.91 Å². The van der Waals surface area contributed by atoms with Gasteiger partial charge in [-0.25, -0.2) is 0 Å². The molecule has 0 fully saturated rings. The van der Waals surface area contributed by atoms with Gasteiger partial charge in [0.2, 0.25) is 5.91 Å². The predicted octanol–water partition coefficient (Wildman–Crippen LogP) is 3.77. The van der Waals surface area contributed by atoms with Crippen LogP contribution in [-0.2, 0) is 4.79 Å². The molecule has 2 rings (SSSR count). The lowest BCUT2D eigenvalue weighted by molar-refractivity contribution is -0.111. The van der Waals surface area contributed by atoms with E-state index in [2.05, 4.69) is 5.32 Å². The first kappa shape index (κ1) is 16.3. The Labute approximate surface area is 137 Å². The lowest BCUT2D eigenvalue weighted by Crippen LogP contribution is -2.16. The normalized spacial score (nSPS) is 10.9. The van der Waals surface area contributed by atoms with E-state index in [0.717, 1.165) is 16.0 Å². The largest absolute Gasteiger partial charge is 0.365 e. The monoisotopic (exact) mass is 334 g/mol. The van der Waals surface area contributed by atoms with Crippen LogP contribution < -0.4 is 11.1 Å². The van der Waals surface area contributed by atoms with Crippen LogP contribution in [0.25, 0.3) is 6.08 Å². The number of rotatable bonds is 4. The summed E-state index contributed by atoms with van der Waals surface area (Å²) >= 11 is 7.35. The smallest absolute Gasteiger partial charge is 0.251 e. The van der Waals surface area contributed by atoms with E-state index in [9.17, 15) is 9.59 Å². The summed E-state index contributed by atoms with van der Waals surface area (Å²) in [5.41, 5.74) is 7.27. The molecule has 2 aromatic rings. The summed E-state index contributed by atoms with van der Waals surface area (Å²) in [5.74, 6) is -0.893. The molecule has 1 heterocycles. The standard InChI is InChI=1S/C16H15ClN2O2S/c1-9-10(2)22-16(14(9)15(18)21)19-13(20)8-7-11-5-3-4-6-12(11)17/h3-8H,1-2H3,(H2,18,21)(H,19,20)/b8-7-. The first-order chi connectivity index (χ1) is 10.4. The number of carbonyl (C=O) groups is 2. The summed E-state index contributed by atoms with van der Waals surface area (Å²) in [6.45, 7) is 3.68. The zero-order valence-corrected chi connectivity index (χ0v) is 13.7. The third-order valence-electron chi connectivity index (χ3n) is 3.19. The molecule has 0 saturated carbocycles. The van der Waals surface area contributed by atoms with Crippen LogP contribution in [0, 0.1) is 13.8 Å². The number of halogens is 1. The molecular weight excluding hydrogens is 320 g/mol. The van der Waals surface area contributed by atoms with Gasteiger partial charge in [-0.2, -0.15) is 0 Å². The second-order valence-electron chi connectivity index (χ2n) is 4.70. The van der Waals surface area contributed by atoms with Gasteiger partial charge in [-0.15, -0.1) is 11.3 Å². The topological polar surface area (TPSA) is 72.2 Å². The summed E-state index contributed by atoms with van der Waals surface area (Å²) < 4.78 is 0. The Kier molecular flexibility index (Phi) is 5.00. The fraction of sp³-hybridized carbons (Fsp3) is 0.125. The minimum Gasteiger partial charge on any atom is -0.365 e. The van der Waals surface area contributed by atoms with Crippen LogP contribution in [0.3, 0.4) is 0 Å². The molecule has 0 atom stereocenters. The number of nitrogens with two attached hydrogens (primary N) is 1. The highest BCUT2D eigenvalue weighted by Gasteiger charge is 2.18. The van der Waals surface area contributed by atoms with Crippen LogP contribution in [-0.4, -0.2) is 11.8 Å². The number of carbonyl (C=O) groups excluding carboxylic acids is 2. The van der Waals surface area contributed by atoms with Crippen molar-refractivity contribution in [1.29, 1.82) is 0 Å². The van der Waals surface area contributed by atoms with E-state index >= 15 is 0 Å². The molecule has 0 saturated heterocycles. The van der Waals surface area contributed by atoms with Gasteiger partial charge < -0.3 is 11.1 Å². The Bertz CT molecular complexity index is 766. The number of hydrogen-bond donors (Lipinski definition) is 2. The molecule has 1 aromatic carbocycles. The molecule has 0 aliphatic rings. The number of primary amides is 1. The molecule has 114 valence electrons. The maximum absolute atomic E-state index is 12.0. The summed E-state index contributed by atoms with van der Waals surface area (Å²) in [6, 6.07) is 7.20. The van der Waals surface area contributed by atoms with Crippen LogP contribution in [0.1, 0.15) is 26.4 Å². The van der Waals surface area contributed by atoms with Gasteiger partial charge in [-0.05, 0) is 37.1 Å². The van der Waals surface area contributed by atoms with Crippen LogP contribution >= 0.6 is 22.9 Å². The van der Waals surface area contributed by atoms with Crippen molar-refractivity contribution in [2.24, 2.45) is 5.73 Å². The van der Waals surface area contributed by atoms with Crippen molar-refractivity contribution in [3.63, 3.8) is 0 Å². The fourth-order valence-electron chi connectivity index (χ4n) is 1.94. The number of benzene rings is 1. The van der Waals surface area contributed by atoms with Crippen molar-refractivity contribution in [3.05, 3.63) is 56.9 Å². The first-order valence-corrected chi connectivity index (χ1v) is 7.73. The molecule has 2 amide bonds. The van der Waals surface area contributed by atoms with E-state index in [1.165, 1.54) is 17.4 Å². The highest BCUT2D eigenvalue weighted by Crippen LogP contribution is 2.32. The summed E-state index contributed by atoms with van der Waals surface area (Å²) in [7, 11) is 0. The van der Waals surface area contributed by atoms with E-state index in [1.54, 1.807) is 25.1 Å². The third kappa shape index (κ3) is 3.55. The Morgan fingerprint density at radius 2 is 1.95 bits per heavy atom. The first-order valence-electron chi connectivity index (χ1n) is 6.53. The van der Waals surface area contributed by atoms with Crippen molar-refractivity contribution in [1.82, 2.24) is 0 Å². The number of amides is 2. The minimum absolute atomic E-state index is 0.344. The number of thiophene rings is 1. The lowest BCUT2D eigenvalue weighted by atomic mass is 10.1. The Morgan fingerprint density at radius 1 is 1.27 bits per heavy atom. The van der Waals surface area contributed by atoms with Crippen molar-refractivity contribution < 1.29 is 9.59 Å². The second kappa shape index (κ2) is 6.77. The van der Waals surface area contributed by atoms with Gasteiger partial charge in [-0.3, -0.25) is 9.59 Å². The highest BCUT2D eigenvalue weighted by atomic mass is 35.5. The molecule has 0 aliphatic heterocycles. The molecular formula is C16H15ClN2O2S. The Hall–Kier alpha value is -2.11. The maximum Gasteiger partial charge on any atom is 0.251 e. The van der Waals surface area contributed by atoms with Crippen LogP contribution in [0.5, 0.6) is 0 Å². The van der Waals surface area contributed by atoms with Gasteiger partial charge in [-0.1, -0.05) is 29.8 Å². The average molecular weight is 335 g/mol. The second-order valence-corrected chi connectivity index (χ2v) is 6.33. The molecule has 3 N–H and O–H groups in total. The van der Waals surface area contributed by atoms with E-state index in [1.807, 2.05) is 19.1 Å². The van der Waals surface area contributed by atoms with Crippen LogP contribution in [0.2, 0.25) is 5.02 Å². The van der Waals surface area contributed by atoms with Gasteiger partial charge in [0.1, 0.15) is 5.00 Å². The molecule has 0 spiro atoms. The number of nitrogens with one attached hydrogen (secondary N) is 1. The minimum atomic E-state index is -0.549. The quantitative estimate of drug-likeness (QED) is 0.835. The van der Waals surface area contributed by atoms with Crippen molar-refractivity contribution >= 4 is 45.8 Å². The molecule has 0 radical (unpaired) electrons. The fourth-order valence-corrected chi connectivity index (χ4v) is 3.21. The van der Waals surface area contributed by atoms with Gasteiger partial charge in [0.15, 0.2) is 0 Å². The maximum atomic E-state index is 12.0. The van der Waals surface area contributed by atoms with Gasteiger partial charge in [0, 0.05) is 16.0 Å². The zero-order chi connectivity index (χ0) is 16.3. The summed E-state index contributed by atoms with van der Waals surface area (Å²) in [5, 5.41) is 3.72.